The van der Waals surface area contributed by atoms with Gasteiger partial charge in [-0.05, 0) is 48.7 Å². The summed E-state index contributed by atoms with van der Waals surface area (Å²) in [6, 6.07) is 8.65. The Morgan fingerprint density at radius 2 is 1.74 bits per heavy atom. The highest BCUT2D eigenvalue weighted by Gasteiger charge is 2.11. The van der Waals surface area contributed by atoms with Gasteiger partial charge < -0.3 is 10.6 Å². The van der Waals surface area contributed by atoms with Crippen LogP contribution in [-0.2, 0) is 6.42 Å². The molecule has 0 radical (unpaired) electrons. The molecule has 3 nitrogen and oxygen atoms in total. The summed E-state index contributed by atoms with van der Waals surface area (Å²) in [6.07, 6.45) is 0.563. The summed E-state index contributed by atoms with van der Waals surface area (Å²) in [6.45, 7) is 2.05. The Kier molecular flexibility index (Phi) is 5.62. The summed E-state index contributed by atoms with van der Waals surface area (Å²) in [4.78, 5) is 11.8. The van der Waals surface area contributed by atoms with Gasteiger partial charge in [0.1, 0.15) is 5.82 Å². The molecule has 1 unspecified atom stereocenters. The summed E-state index contributed by atoms with van der Waals surface area (Å²) in [5, 5.41) is 5.30. The molecule has 0 heterocycles. The molecule has 2 rings (SSSR count). The lowest BCUT2D eigenvalue weighted by molar-refractivity contribution is 0.238. The van der Waals surface area contributed by atoms with Gasteiger partial charge in [-0.15, -0.1) is 0 Å². The van der Waals surface area contributed by atoms with Crippen LogP contribution in [0.1, 0.15) is 24.1 Å². The molecule has 0 aromatic heterocycles. The molecule has 2 aromatic rings. The van der Waals surface area contributed by atoms with Crippen molar-refractivity contribution in [2.45, 2.75) is 19.4 Å². The van der Waals surface area contributed by atoms with Gasteiger partial charge in [0.05, 0.1) is 6.04 Å². The first-order valence-corrected chi connectivity index (χ1v) is 7.19. The zero-order valence-electron chi connectivity index (χ0n) is 12.6. The number of halogens is 3. The Morgan fingerprint density at radius 3 is 2.39 bits per heavy atom. The van der Waals surface area contributed by atoms with E-state index in [1.165, 1.54) is 18.2 Å². The van der Waals surface area contributed by atoms with Gasteiger partial charge >= 0.3 is 6.03 Å². The molecule has 0 bridgehead atoms. The molecular weight excluding hydrogens is 305 g/mol. The molecule has 0 aliphatic rings. The van der Waals surface area contributed by atoms with Crippen molar-refractivity contribution >= 4 is 6.03 Å². The molecule has 0 saturated heterocycles. The van der Waals surface area contributed by atoms with Crippen LogP contribution in [0.15, 0.2) is 42.5 Å². The number of urea groups is 1. The third-order valence-electron chi connectivity index (χ3n) is 3.40. The van der Waals surface area contributed by atoms with Gasteiger partial charge in [0, 0.05) is 6.54 Å². The molecule has 0 saturated carbocycles. The fraction of sp³-hybridized carbons (Fsp3) is 0.235. The third-order valence-corrected chi connectivity index (χ3v) is 3.40. The first-order chi connectivity index (χ1) is 11.0. The molecule has 122 valence electrons. The zero-order valence-corrected chi connectivity index (χ0v) is 12.6. The van der Waals surface area contributed by atoms with E-state index in [0.717, 1.165) is 17.7 Å². The average molecular weight is 322 g/mol. The van der Waals surface area contributed by atoms with Crippen LogP contribution in [0.2, 0.25) is 0 Å². The molecule has 2 N–H and O–H groups in total. The molecule has 0 aliphatic heterocycles. The summed E-state index contributed by atoms with van der Waals surface area (Å²) in [5.41, 5.74) is 1.37. The van der Waals surface area contributed by atoms with E-state index in [1.807, 2.05) is 0 Å². The van der Waals surface area contributed by atoms with Crippen LogP contribution in [-0.4, -0.2) is 12.6 Å². The summed E-state index contributed by atoms with van der Waals surface area (Å²) >= 11 is 0. The van der Waals surface area contributed by atoms with Crippen LogP contribution in [0.4, 0.5) is 18.0 Å². The predicted octanol–water partition coefficient (Wildman–Crippen LogP) is 3.71. The van der Waals surface area contributed by atoms with Crippen LogP contribution in [0.5, 0.6) is 0 Å². The van der Waals surface area contributed by atoms with E-state index in [-0.39, 0.29) is 5.82 Å². The van der Waals surface area contributed by atoms with Crippen molar-refractivity contribution < 1.29 is 18.0 Å². The lowest BCUT2D eigenvalue weighted by Gasteiger charge is -2.15. The molecule has 1 atom stereocenters. The maximum atomic E-state index is 13.2. The van der Waals surface area contributed by atoms with Gasteiger partial charge in [0.2, 0.25) is 0 Å². The van der Waals surface area contributed by atoms with E-state index >= 15 is 0 Å². The molecule has 0 fully saturated rings. The van der Waals surface area contributed by atoms with Gasteiger partial charge in [-0.2, -0.15) is 0 Å². The Bertz CT molecular complexity index is 674. The monoisotopic (exact) mass is 322 g/mol. The third kappa shape index (κ3) is 5.02. The maximum Gasteiger partial charge on any atom is 0.315 e. The van der Waals surface area contributed by atoms with E-state index in [1.54, 1.807) is 19.1 Å². The van der Waals surface area contributed by atoms with E-state index in [2.05, 4.69) is 10.6 Å². The second-order valence-corrected chi connectivity index (χ2v) is 5.17. The van der Waals surface area contributed by atoms with Crippen LogP contribution < -0.4 is 10.6 Å². The molecule has 2 amide bonds. The standard InChI is InChI=1S/C17H17F3N2O/c1-11(13-4-7-15(19)16(20)10-13)22-17(23)21-9-8-12-2-5-14(18)6-3-12/h2-7,10-11H,8-9H2,1H3,(H2,21,22,23). The van der Waals surface area contributed by atoms with Crippen molar-refractivity contribution in [2.75, 3.05) is 6.54 Å². The minimum Gasteiger partial charge on any atom is -0.338 e. The van der Waals surface area contributed by atoms with Gasteiger partial charge in [0.25, 0.3) is 0 Å². The Hall–Kier alpha value is -2.50. The van der Waals surface area contributed by atoms with Crippen LogP contribution in [0, 0.1) is 17.5 Å². The Morgan fingerprint density at radius 1 is 1.04 bits per heavy atom. The number of hydrogen-bond donors (Lipinski definition) is 2. The van der Waals surface area contributed by atoms with Crippen LogP contribution in [0.3, 0.4) is 0 Å². The minimum absolute atomic E-state index is 0.306. The number of amides is 2. The highest BCUT2D eigenvalue weighted by atomic mass is 19.2. The summed E-state index contributed by atoms with van der Waals surface area (Å²) in [7, 11) is 0. The van der Waals surface area contributed by atoms with Gasteiger partial charge in [-0.1, -0.05) is 18.2 Å². The number of carbonyl (C=O) groups is 1. The average Bonchev–Trinajstić information content (AvgIpc) is 2.52. The van der Waals surface area contributed by atoms with Crippen molar-refractivity contribution in [2.24, 2.45) is 0 Å². The Labute approximate surface area is 132 Å². The van der Waals surface area contributed by atoms with Crippen molar-refractivity contribution in [3.63, 3.8) is 0 Å². The molecule has 23 heavy (non-hydrogen) atoms. The number of hydrogen-bond acceptors (Lipinski definition) is 1. The van der Waals surface area contributed by atoms with Crippen molar-refractivity contribution in [3.8, 4) is 0 Å². The normalized spacial score (nSPS) is 11.8. The molecular formula is C17H17F3N2O. The second kappa shape index (κ2) is 7.67. The highest BCUT2D eigenvalue weighted by Crippen LogP contribution is 2.15. The largest absolute Gasteiger partial charge is 0.338 e. The first-order valence-electron chi connectivity index (χ1n) is 7.19. The van der Waals surface area contributed by atoms with Gasteiger partial charge in [-0.3, -0.25) is 0 Å². The lowest BCUT2D eigenvalue weighted by atomic mass is 10.1. The Balaban J connectivity index is 1.79. The lowest BCUT2D eigenvalue weighted by Crippen LogP contribution is -2.38. The van der Waals surface area contributed by atoms with E-state index in [9.17, 15) is 18.0 Å². The second-order valence-electron chi connectivity index (χ2n) is 5.17. The summed E-state index contributed by atoms with van der Waals surface area (Å²) < 4.78 is 38.8. The molecule has 2 aromatic carbocycles. The SMILES string of the molecule is CC(NC(=O)NCCc1ccc(F)cc1)c1ccc(F)c(F)c1. The first kappa shape index (κ1) is 16.9. The topological polar surface area (TPSA) is 41.1 Å². The number of nitrogens with one attached hydrogen (secondary N) is 2. The highest BCUT2D eigenvalue weighted by molar-refractivity contribution is 5.74. The number of benzene rings is 2. The molecule has 0 aliphatic carbocycles. The quantitative estimate of drug-likeness (QED) is 0.866. The van der Waals surface area contributed by atoms with Crippen molar-refractivity contribution in [3.05, 3.63) is 71.0 Å². The fourth-order valence-corrected chi connectivity index (χ4v) is 2.08. The van der Waals surface area contributed by atoms with Crippen LogP contribution >= 0.6 is 0 Å². The smallest absolute Gasteiger partial charge is 0.315 e. The van der Waals surface area contributed by atoms with Gasteiger partial charge in [-0.25, -0.2) is 18.0 Å². The number of carbonyl (C=O) groups excluding carboxylic acids is 1. The molecule has 6 heteroatoms. The van der Waals surface area contributed by atoms with Gasteiger partial charge in [0.15, 0.2) is 11.6 Å². The van der Waals surface area contributed by atoms with Crippen LogP contribution in [0.25, 0.3) is 0 Å². The minimum atomic E-state index is -0.951. The zero-order chi connectivity index (χ0) is 16.8. The summed E-state index contributed by atoms with van der Waals surface area (Å²) in [5.74, 6) is -2.18. The van der Waals surface area contributed by atoms with Crippen molar-refractivity contribution in [1.29, 1.82) is 0 Å². The maximum absolute atomic E-state index is 13.2. The molecule has 0 spiro atoms. The number of rotatable bonds is 5. The van der Waals surface area contributed by atoms with E-state index in [0.29, 0.717) is 18.5 Å². The van der Waals surface area contributed by atoms with Crippen molar-refractivity contribution in [1.82, 2.24) is 10.6 Å². The fourth-order valence-electron chi connectivity index (χ4n) is 2.08. The predicted molar refractivity (Wildman–Crippen MR) is 81.4 cm³/mol. The van der Waals surface area contributed by atoms with E-state index < -0.39 is 23.7 Å². The van der Waals surface area contributed by atoms with E-state index in [4.69, 9.17) is 0 Å².